The molecule has 1 saturated heterocycles. The SMILES string of the molecule is Cc1cccc(Oc2ncccc2NC(=O)[C@H]2CN(C)CCO2)c1C. The monoisotopic (exact) mass is 341 g/mol. The van der Waals surface area contributed by atoms with Crippen LogP contribution >= 0.6 is 0 Å². The van der Waals surface area contributed by atoms with E-state index in [9.17, 15) is 4.79 Å². The number of aryl methyl sites for hydroxylation is 1. The summed E-state index contributed by atoms with van der Waals surface area (Å²) in [6, 6.07) is 9.39. The molecular formula is C19H23N3O3. The van der Waals surface area contributed by atoms with E-state index in [0.29, 0.717) is 24.7 Å². The molecule has 1 aromatic carbocycles. The fourth-order valence-corrected chi connectivity index (χ4v) is 2.66. The molecule has 132 valence electrons. The fraction of sp³-hybridized carbons (Fsp3) is 0.368. The van der Waals surface area contributed by atoms with Crippen molar-refractivity contribution >= 4 is 11.6 Å². The number of carbonyl (C=O) groups is 1. The summed E-state index contributed by atoms with van der Waals surface area (Å²) < 4.78 is 11.5. The van der Waals surface area contributed by atoms with E-state index < -0.39 is 6.10 Å². The number of likely N-dealkylation sites (N-methyl/N-ethyl adjacent to an activating group) is 1. The van der Waals surface area contributed by atoms with Crippen LogP contribution in [-0.2, 0) is 9.53 Å². The second kappa shape index (κ2) is 7.63. The molecule has 1 aromatic heterocycles. The first kappa shape index (κ1) is 17.4. The van der Waals surface area contributed by atoms with Gasteiger partial charge in [-0.15, -0.1) is 0 Å². The van der Waals surface area contributed by atoms with E-state index >= 15 is 0 Å². The molecule has 0 spiro atoms. The summed E-state index contributed by atoms with van der Waals surface area (Å²) in [4.78, 5) is 18.8. The molecule has 3 rings (SSSR count). The predicted molar refractivity (Wildman–Crippen MR) is 96.1 cm³/mol. The molecule has 0 bridgehead atoms. The molecule has 25 heavy (non-hydrogen) atoms. The molecule has 1 amide bonds. The lowest BCUT2D eigenvalue weighted by atomic mass is 10.1. The number of carbonyl (C=O) groups excluding carboxylic acids is 1. The van der Waals surface area contributed by atoms with Gasteiger partial charge in [-0.05, 0) is 50.2 Å². The number of hydrogen-bond donors (Lipinski definition) is 1. The summed E-state index contributed by atoms with van der Waals surface area (Å²) in [5, 5.41) is 2.88. The summed E-state index contributed by atoms with van der Waals surface area (Å²) in [6.45, 7) is 5.97. The zero-order valence-electron chi connectivity index (χ0n) is 14.8. The number of hydrogen-bond acceptors (Lipinski definition) is 5. The van der Waals surface area contributed by atoms with E-state index in [1.807, 2.05) is 39.1 Å². The third-order valence-corrected chi connectivity index (χ3v) is 4.35. The van der Waals surface area contributed by atoms with Crippen LogP contribution in [-0.4, -0.2) is 48.6 Å². The first-order valence-corrected chi connectivity index (χ1v) is 8.34. The molecular weight excluding hydrogens is 318 g/mol. The molecule has 1 fully saturated rings. The molecule has 0 unspecified atom stereocenters. The van der Waals surface area contributed by atoms with Gasteiger partial charge in [0, 0.05) is 19.3 Å². The molecule has 6 nitrogen and oxygen atoms in total. The van der Waals surface area contributed by atoms with Crippen molar-refractivity contribution in [3.8, 4) is 11.6 Å². The van der Waals surface area contributed by atoms with Crippen molar-refractivity contribution in [2.24, 2.45) is 0 Å². The van der Waals surface area contributed by atoms with Gasteiger partial charge in [-0.3, -0.25) is 4.79 Å². The summed E-state index contributed by atoms with van der Waals surface area (Å²) in [6.07, 6.45) is 1.15. The minimum Gasteiger partial charge on any atom is -0.437 e. The number of aromatic nitrogens is 1. The lowest BCUT2D eigenvalue weighted by molar-refractivity contribution is -0.132. The Hall–Kier alpha value is -2.44. The lowest BCUT2D eigenvalue weighted by Gasteiger charge is -2.29. The van der Waals surface area contributed by atoms with Gasteiger partial charge < -0.3 is 19.7 Å². The van der Waals surface area contributed by atoms with Gasteiger partial charge >= 0.3 is 0 Å². The van der Waals surface area contributed by atoms with Crippen LogP contribution in [0.3, 0.4) is 0 Å². The second-order valence-electron chi connectivity index (χ2n) is 6.27. The number of pyridine rings is 1. The molecule has 6 heteroatoms. The average Bonchev–Trinajstić information content (AvgIpc) is 2.60. The van der Waals surface area contributed by atoms with E-state index in [1.165, 1.54) is 0 Å². The number of nitrogens with one attached hydrogen (secondary N) is 1. The minimum absolute atomic E-state index is 0.189. The fourth-order valence-electron chi connectivity index (χ4n) is 2.66. The average molecular weight is 341 g/mol. The molecule has 1 atom stereocenters. The normalized spacial score (nSPS) is 18.0. The summed E-state index contributed by atoms with van der Waals surface area (Å²) >= 11 is 0. The van der Waals surface area contributed by atoms with Crippen LogP contribution in [0.5, 0.6) is 11.6 Å². The van der Waals surface area contributed by atoms with Gasteiger partial charge in [0.2, 0.25) is 5.88 Å². The van der Waals surface area contributed by atoms with Gasteiger partial charge in [0.05, 0.1) is 6.61 Å². The number of anilines is 1. The van der Waals surface area contributed by atoms with Crippen molar-refractivity contribution in [1.29, 1.82) is 0 Å². The van der Waals surface area contributed by atoms with Crippen LogP contribution in [0.1, 0.15) is 11.1 Å². The van der Waals surface area contributed by atoms with Gasteiger partial charge in [-0.25, -0.2) is 4.98 Å². The number of rotatable bonds is 4. The number of benzene rings is 1. The third-order valence-electron chi connectivity index (χ3n) is 4.35. The van der Waals surface area contributed by atoms with E-state index in [4.69, 9.17) is 9.47 Å². The Kier molecular flexibility index (Phi) is 5.31. The molecule has 0 radical (unpaired) electrons. The van der Waals surface area contributed by atoms with Crippen molar-refractivity contribution in [3.05, 3.63) is 47.7 Å². The van der Waals surface area contributed by atoms with Gasteiger partial charge in [0.25, 0.3) is 5.91 Å². The highest BCUT2D eigenvalue weighted by Crippen LogP contribution is 2.30. The third kappa shape index (κ3) is 4.15. The predicted octanol–water partition coefficient (Wildman–Crippen LogP) is 2.76. The Bertz CT molecular complexity index is 763. The van der Waals surface area contributed by atoms with Crippen molar-refractivity contribution in [2.75, 3.05) is 32.1 Å². The van der Waals surface area contributed by atoms with Gasteiger partial charge in [0.1, 0.15) is 17.5 Å². The summed E-state index contributed by atoms with van der Waals surface area (Å²) in [5.41, 5.74) is 2.71. The Labute approximate surface area is 147 Å². The quantitative estimate of drug-likeness (QED) is 0.926. The lowest BCUT2D eigenvalue weighted by Crippen LogP contribution is -2.46. The zero-order chi connectivity index (χ0) is 17.8. The largest absolute Gasteiger partial charge is 0.437 e. The Morgan fingerprint density at radius 2 is 2.16 bits per heavy atom. The molecule has 1 aliphatic rings. The van der Waals surface area contributed by atoms with E-state index in [1.54, 1.807) is 18.3 Å². The maximum Gasteiger partial charge on any atom is 0.254 e. The van der Waals surface area contributed by atoms with E-state index in [0.717, 1.165) is 23.4 Å². The summed E-state index contributed by atoms with van der Waals surface area (Å²) in [7, 11) is 1.97. The molecule has 1 aliphatic heterocycles. The number of morpholine rings is 1. The molecule has 2 heterocycles. The topological polar surface area (TPSA) is 63.7 Å². The Balaban J connectivity index is 1.77. The van der Waals surface area contributed by atoms with Crippen LogP contribution in [0.2, 0.25) is 0 Å². The van der Waals surface area contributed by atoms with E-state index in [-0.39, 0.29) is 5.91 Å². The molecule has 2 aromatic rings. The van der Waals surface area contributed by atoms with Gasteiger partial charge in [0.15, 0.2) is 0 Å². The van der Waals surface area contributed by atoms with Crippen molar-refractivity contribution in [3.63, 3.8) is 0 Å². The highest BCUT2D eigenvalue weighted by atomic mass is 16.5. The van der Waals surface area contributed by atoms with Crippen LogP contribution in [0.15, 0.2) is 36.5 Å². The van der Waals surface area contributed by atoms with Crippen molar-refractivity contribution in [2.45, 2.75) is 20.0 Å². The Morgan fingerprint density at radius 3 is 2.96 bits per heavy atom. The highest BCUT2D eigenvalue weighted by molar-refractivity contribution is 5.95. The smallest absolute Gasteiger partial charge is 0.254 e. The zero-order valence-corrected chi connectivity index (χ0v) is 14.8. The Morgan fingerprint density at radius 1 is 1.32 bits per heavy atom. The second-order valence-corrected chi connectivity index (χ2v) is 6.27. The minimum atomic E-state index is -0.493. The van der Waals surface area contributed by atoms with E-state index in [2.05, 4.69) is 15.2 Å². The van der Waals surface area contributed by atoms with Crippen LogP contribution in [0, 0.1) is 13.8 Å². The number of ether oxygens (including phenoxy) is 2. The first-order valence-electron chi connectivity index (χ1n) is 8.34. The van der Waals surface area contributed by atoms with Crippen molar-refractivity contribution in [1.82, 2.24) is 9.88 Å². The standard InChI is InChI=1S/C19H23N3O3/c1-13-6-4-8-16(14(13)2)25-19-15(7-5-9-20-19)21-18(23)17-12-22(3)10-11-24-17/h4-9,17H,10-12H2,1-3H3,(H,21,23)/t17-/m1/s1. The van der Waals surface area contributed by atoms with Crippen LogP contribution < -0.4 is 10.1 Å². The number of nitrogens with zero attached hydrogens (tertiary/aromatic N) is 2. The summed E-state index contributed by atoms with van der Waals surface area (Å²) in [5.74, 6) is 0.905. The molecule has 0 saturated carbocycles. The van der Waals surface area contributed by atoms with Crippen LogP contribution in [0.25, 0.3) is 0 Å². The van der Waals surface area contributed by atoms with Gasteiger partial charge in [-0.1, -0.05) is 12.1 Å². The maximum atomic E-state index is 12.5. The molecule has 1 N–H and O–H groups in total. The maximum absolute atomic E-state index is 12.5. The van der Waals surface area contributed by atoms with Gasteiger partial charge in [-0.2, -0.15) is 0 Å². The first-order chi connectivity index (χ1) is 12.0. The van der Waals surface area contributed by atoms with Crippen LogP contribution in [0.4, 0.5) is 5.69 Å². The number of amides is 1. The van der Waals surface area contributed by atoms with Crippen molar-refractivity contribution < 1.29 is 14.3 Å². The highest BCUT2D eigenvalue weighted by Gasteiger charge is 2.25. The molecule has 0 aliphatic carbocycles.